The second kappa shape index (κ2) is 8.22. The standard InChI is InChI=1S/C36H22N2/c1-2-6-27-21-34-28(19-26(27)5-1)16-17-33-31(8-3-9-32(33)34)24-12-10-23(11-13-24)30-20-29-15-14-25-7-4-18-37-35(25)36(29)38-22-30/h1-22H. The molecule has 6 aromatic carbocycles. The third-order valence-corrected chi connectivity index (χ3v) is 7.70. The molecule has 0 aliphatic heterocycles. The van der Waals surface area contributed by atoms with Crippen LogP contribution in [0.15, 0.2) is 134 Å². The van der Waals surface area contributed by atoms with Gasteiger partial charge in [0.05, 0.1) is 11.0 Å². The Morgan fingerprint density at radius 1 is 0.368 bits per heavy atom. The maximum absolute atomic E-state index is 4.80. The predicted molar refractivity (Wildman–Crippen MR) is 160 cm³/mol. The summed E-state index contributed by atoms with van der Waals surface area (Å²) in [5, 5.41) is 9.89. The summed E-state index contributed by atoms with van der Waals surface area (Å²) >= 11 is 0. The van der Waals surface area contributed by atoms with Crippen molar-refractivity contribution in [3.8, 4) is 22.3 Å². The molecule has 38 heavy (non-hydrogen) atoms. The van der Waals surface area contributed by atoms with Gasteiger partial charge in [-0.15, -0.1) is 0 Å². The first-order chi connectivity index (χ1) is 18.8. The molecule has 8 aromatic rings. The SMILES string of the molecule is c1ccc2cc3c(ccc4c(-c5ccc(-c6cnc7c(ccc8cccnc87)c6)cc5)cccc43)cc2c1. The van der Waals surface area contributed by atoms with Crippen LogP contribution in [-0.4, -0.2) is 9.97 Å². The topological polar surface area (TPSA) is 25.8 Å². The molecule has 0 aliphatic carbocycles. The van der Waals surface area contributed by atoms with Crippen LogP contribution in [-0.2, 0) is 0 Å². The second-order valence-electron chi connectivity index (χ2n) is 9.90. The van der Waals surface area contributed by atoms with E-state index in [1.165, 1.54) is 43.4 Å². The molecular weight excluding hydrogens is 460 g/mol. The van der Waals surface area contributed by atoms with Gasteiger partial charge in [0.2, 0.25) is 0 Å². The number of benzene rings is 6. The number of pyridine rings is 2. The van der Waals surface area contributed by atoms with Crippen LogP contribution in [0.25, 0.3) is 76.4 Å². The van der Waals surface area contributed by atoms with Gasteiger partial charge in [0.25, 0.3) is 0 Å². The van der Waals surface area contributed by atoms with E-state index in [2.05, 4.69) is 120 Å². The lowest BCUT2D eigenvalue weighted by molar-refractivity contribution is 1.37. The van der Waals surface area contributed by atoms with Crippen molar-refractivity contribution in [1.82, 2.24) is 9.97 Å². The van der Waals surface area contributed by atoms with E-state index >= 15 is 0 Å². The van der Waals surface area contributed by atoms with Crippen molar-refractivity contribution in [3.05, 3.63) is 134 Å². The summed E-state index contributed by atoms with van der Waals surface area (Å²) in [6, 6.07) is 43.7. The number of fused-ring (bicyclic) bond motifs is 7. The lowest BCUT2D eigenvalue weighted by atomic mass is 9.92. The lowest BCUT2D eigenvalue weighted by Crippen LogP contribution is -1.87. The van der Waals surface area contributed by atoms with Gasteiger partial charge < -0.3 is 0 Å². The number of aromatic nitrogens is 2. The minimum absolute atomic E-state index is 0.944. The van der Waals surface area contributed by atoms with E-state index < -0.39 is 0 Å². The summed E-state index contributed by atoms with van der Waals surface area (Å²) in [5.41, 5.74) is 6.61. The smallest absolute Gasteiger partial charge is 0.0964 e. The number of hydrogen-bond donors (Lipinski definition) is 0. The van der Waals surface area contributed by atoms with Crippen LogP contribution in [0.2, 0.25) is 0 Å². The van der Waals surface area contributed by atoms with Gasteiger partial charge in [0, 0.05) is 28.7 Å². The van der Waals surface area contributed by atoms with Gasteiger partial charge in [-0.2, -0.15) is 0 Å². The molecule has 0 saturated heterocycles. The molecule has 0 fully saturated rings. The molecule has 2 heteroatoms. The number of rotatable bonds is 2. The Bertz CT molecular complexity index is 2180. The molecule has 2 nitrogen and oxygen atoms in total. The molecular formula is C36H22N2. The van der Waals surface area contributed by atoms with Crippen molar-refractivity contribution in [1.29, 1.82) is 0 Å². The fraction of sp³-hybridized carbons (Fsp3) is 0. The van der Waals surface area contributed by atoms with E-state index in [0.29, 0.717) is 0 Å². The molecule has 0 amide bonds. The van der Waals surface area contributed by atoms with Crippen LogP contribution in [0.5, 0.6) is 0 Å². The summed E-state index contributed by atoms with van der Waals surface area (Å²) in [4.78, 5) is 9.35. The zero-order valence-electron chi connectivity index (χ0n) is 20.6. The van der Waals surface area contributed by atoms with Gasteiger partial charge in [-0.25, -0.2) is 0 Å². The molecule has 0 unspecified atom stereocenters. The van der Waals surface area contributed by atoms with Crippen molar-refractivity contribution in [2.75, 3.05) is 0 Å². The van der Waals surface area contributed by atoms with Crippen molar-refractivity contribution in [2.45, 2.75) is 0 Å². The van der Waals surface area contributed by atoms with Crippen molar-refractivity contribution < 1.29 is 0 Å². The molecule has 0 saturated carbocycles. The molecule has 2 aromatic heterocycles. The van der Waals surface area contributed by atoms with Crippen LogP contribution in [0.1, 0.15) is 0 Å². The van der Waals surface area contributed by atoms with Crippen LogP contribution in [0.3, 0.4) is 0 Å². The largest absolute Gasteiger partial charge is 0.254 e. The minimum Gasteiger partial charge on any atom is -0.254 e. The first-order valence-corrected chi connectivity index (χ1v) is 12.9. The van der Waals surface area contributed by atoms with E-state index in [4.69, 9.17) is 4.98 Å². The fourth-order valence-corrected chi connectivity index (χ4v) is 5.77. The third-order valence-electron chi connectivity index (χ3n) is 7.70. The summed E-state index contributed by atoms with van der Waals surface area (Å²) in [7, 11) is 0. The number of hydrogen-bond acceptors (Lipinski definition) is 2. The third kappa shape index (κ3) is 3.28. The Hall–Kier alpha value is -5.08. The highest BCUT2D eigenvalue weighted by Crippen LogP contribution is 2.36. The van der Waals surface area contributed by atoms with E-state index in [9.17, 15) is 0 Å². The van der Waals surface area contributed by atoms with Crippen LogP contribution in [0, 0.1) is 0 Å². The van der Waals surface area contributed by atoms with Gasteiger partial charge in [-0.05, 0) is 73.3 Å². The zero-order chi connectivity index (χ0) is 25.1. The fourth-order valence-electron chi connectivity index (χ4n) is 5.77. The van der Waals surface area contributed by atoms with Crippen LogP contribution >= 0.6 is 0 Å². The van der Waals surface area contributed by atoms with Gasteiger partial charge in [-0.1, -0.05) is 97.1 Å². The van der Waals surface area contributed by atoms with Crippen molar-refractivity contribution in [2.24, 2.45) is 0 Å². The van der Waals surface area contributed by atoms with Crippen molar-refractivity contribution in [3.63, 3.8) is 0 Å². The highest BCUT2D eigenvalue weighted by Gasteiger charge is 2.10. The van der Waals surface area contributed by atoms with E-state index in [-0.39, 0.29) is 0 Å². The van der Waals surface area contributed by atoms with Crippen LogP contribution in [0.4, 0.5) is 0 Å². The monoisotopic (exact) mass is 482 g/mol. The normalized spacial score (nSPS) is 11.7. The number of nitrogens with zero attached hydrogens (tertiary/aromatic N) is 2. The molecule has 8 rings (SSSR count). The Balaban J connectivity index is 1.22. The zero-order valence-corrected chi connectivity index (χ0v) is 20.6. The molecule has 0 spiro atoms. The van der Waals surface area contributed by atoms with Gasteiger partial charge in [0.1, 0.15) is 0 Å². The Kier molecular flexibility index (Phi) is 4.55. The molecule has 0 bridgehead atoms. The second-order valence-corrected chi connectivity index (χ2v) is 9.90. The molecule has 176 valence electrons. The van der Waals surface area contributed by atoms with E-state index in [1.54, 1.807) is 0 Å². The van der Waals surface area contributed by atoms with E-state index in [0.717, 1.165) is 32.9 Å². The van der Waals surface area contributed by atoms with Gasteiger partial charge >= 0.3 is 0 Å². The van der Waals surface area contributed by atoms with Crippen molar-refractivity contribution >= 4 is 54.1 Å². The molecule has 0 N–H and O–H groups in total. The summed E-state index contributed by atoms with van der Waals surface area (Å²) < 4.78 is 0. The van der Waals surface area contributed by atoms with Crippen LogP contribution < -0.4 is 0 Å². The maximum Gasteiger partial charge on any atom is 0.0964 e. The minimum atomic E-state index is 0.944. The Labute approximate surface area is 219 Å². The average molecular weight is 483 g/mol. The summed E-state index contributed by atoms with van der Waals surface area (Å²) in [6.45, 7) is 0. The average Bonchev–Trinajstić information content (AvgIpc) is 2.99. The quantitative estimate of drug-likeness (QED) is 0.181. The highest BCUT2D eigenvalue weighted by molar-refractivity contribution is 6.15. The van der Waals surface area contributed by atoms with Gasteiger partial charge in [0.15, 0.2) is 0 Å². The van der Waals surface area contributed by atoms with E-state index in [1.807, 2.05) is 18.5 Å². The molecule has 0 atom stereocenters. The molecule has 0 aliphatic rings. The maximum atomic E-state index is 4.80. The first kappa shape index (κ1) is 21.0. The predicted octanol–water partition coefficient (Wildman–Crippen LogP) is 9.58. The summed E-state index contributed by atoms with van der Waals surface area (Å²) in [5.74, 6) is 0. The first-order valence-electron chi connectivity index (χ1n) is 12.9. The highest BCUT2D eigenvalue weighted by atomic mass is 14.7. The molecule has 0 radical (unpaired) electrons. The summed E-state index contributed by atoms with van der Waals surface area (Å²) in [6.07, 6.45) is 3.79. The van der Waals surface area contributed by atoms with Gasteiger partial charge in [-0.3, -0.25) is 9.97 Å². The Morgan fingerprint density at radius 2 is 1.11 bits per heavy atom. The Morgan fingerprint density at radius 3 is 2.00 bits per heavy atom. The molecule has 2 heterocycles. The lowest BCUT2D eigenvalue weighted by Gasteiger charge is -2.12.